The summed E-state index contributed by atoms with van der Waals surface area (Å²) in [5, 5.41) is 2.23. The SMILES string of the molecule is Cc1cc2c(N3CCc4ncc(-c5cnc(C)s5)cc4C3)ncnc2s1. The molecule has 1 aliphatic rings. The van der Waals surface area contributed by atoms with Gasteiger partial charge in [0.25, 0.3) is 0 Å². The van der Waals surface area contributed by atoms with Gasteiger partial charge in [0.05, 0.1) is 15.3 Å². The minimum atomic E-state index is 0.828. The predicted molar refractivity (Wildman–Crippen MR) is 107 cm³/mol. The molecule has 0 amide bonds. The maximum absolute atomic E-state index is 4.72. The Morgan fingerprint density at radius 3 is 2.77 bits per heavy atom. The van der Waals surface area contributed by atoms with Crippen LogP contribution in [-0.2, 0) is 13.0 Å². The van der Waals surface area contributed by atoms with Crippen LogP contribution in [0.4, 0.5) is 5.82 Å². The fourth-order valence-electron chi connectivity index (χ4n) is 3.45. The monoisotopic (exact) mass is 379 g/mol. The van der Waals surface area contributed by atoms with E-state index in [9.17, 15) is 0 Å². The van der Waals surface area contributed by atoms with E-state index in [1.807, 2.05) is 19.3 Å². The fraction of sp³-hybridized carbons (Fsp3) is 0.263. The summed E-state index contributed by atoms with van der Waals surface area (Å²) < 4.78 is 0. The largest absolute Gasteiger partial charge is 0.351 e. The first kappa shape index (κ1) is 15.8. The molecule has 0 spiro atoms. The van der Waals surface area contributed by atoms with E-state index in [0.717, 1.165) is 46.1 Å². The second kappa shape index (κ2) is 6.10. The van der Waals surface area contributed by atoms with Crippen molar-refractivity contribution in [1.82, 2.24) is 19.9 Å². The zero-order valence-corrected chi connectivity index (χ0v) is 16.2. The zero-order valence-electron chi connectivity index (χ0n) is 14.6. The Labute approximate surface area is 159 Å². The Morgan fingerprint density at radius 2 is 1.92 bits per heavy atom. The Hall–Kier alpha value is -2.38. The quantitative estimate of drug-likeness (QED) is 0.517. The molecular formula is C19H17N5S2. The first-order chi connectivity index (χ1) is 12.7. The molecule has 0 unspecified atom stereocenters. The number of thiophene rings is 1. The Bertz CT molecular complexity index is 1110. The average Bonchev–Trinajstić information content (AvgIpc) is 3.25. The van der Waals surface area contributed by atoms with E-state index < -0.39 is 0 Å². The van der Waals surface area contributed by atoms with Crippen LogP contribution in [0.2, 0.25) is 0 Å². The van der Waals surface area contributed by atoms with Crippen LogP contribution >= 0.6 is 22.7 Å². The van der Waals surface area contributed by atoms with Gasteiger partial charge in [-0.1, -0.05) is 0 Å². The number of aromatic nitrogens is 4. The molecule has 26 heavy (non-hydrogen) atoms. The number of thiazole rings is 1. The van der Waals surface area contributed by atoms with Crippen LogP contribution in [0, 0.1) is 13.8 Å². The van der Waals surface area contributed by atoms with E-state index in [-0.39, 0.29) is 0 Å². The van der Waals surface area contributed by atoms with Crippen molar-refractivity contribution in [3.63, 3.8) is 0 Å². The van der Waals surface area contributed by atoms with Crippen LogP contribution in [0.3, 0.4) is 0 Å². The maximum atomic E-state index is 4.72. The van der Waals surface area contributed by atoms with Crippen LogP contribution in [-0.4, -0.2) is 26.5 Å². The van der Waals surface area contributed by atoms with Gasteiger partial charge >= 0.3 is 0 Å². The Morgan fingerprint density at radius 1 is 1.00 bits per heavy atom. The van der Waals surface area contributed by atoms with Gasteiger partial charge in [-0.15, -0.1) is 22.7 Å². The molecule has 5 rings (SSSR count). The van der Waals surface area contributed by atoms with E-state index in [2.05, 4.69) is 38.9 Å². The van der Waals surface area contributed by atoms with E-state index in [0.29, 0.717) is 0 Å². The molecule has 0 atom stereocenters. The highest BCUT2D eigenvalue weighted by atomic mass is 32.1. The summed E-state index contributed by atoms with van der Waals surface area (Å²) in [6, 6.07) is 4.46. The van der Waals surface area contributed by atoms with Crippen molar-refractivity contribution in [2.24, 2.45) is 0 Å². The highest BCUT2D eigenvalue weighted by Crippen LogP contribution is 2.33. The molecule has 0 fully saturated rings. The highest BCUT2D eigenvalue weighted by molar-refractivity contribution is 7.18. The van der Waals surface area contributed by atoms with Gasteiger partial charge in [0.2, 0.25) is 0 Å². The van der Waals surface area contributed by atoms with E-state index in [1.165, 1.54) is 21.0 Å². The van der Waals surface area contributed by atoms with Crippen molar-refractivity contribution in [2.75, 3.05) is 11.4 Å². The number of hydrogen-bond acceptors (Lipinski definition) is 7. The molecule has 7 heteroatoms. The summed E-state index contributed by atoms with van der Waals surface area (Å²) in [6.07, 6.45) is 6.53. The lowest BCUT2D eigenvalue weighted by atomic mass is 10.0. The number of pyridine rings is 1. The third-order valence-electron chi connectivity index (χ3n) is 4.68. The fourth-order valence-corrected chi connectivity index (χ4v) is 5.05. The van der Waals surface area contributed by atoms with Crippen LogP contribution in [0.15, 0.2) is 30.9 Å². The summed E-state index contributed by atoms with van der Waals surface area (Å²) >= 11 is 3.43. The minimum Gasteiger partial charge on any atom is -0.351 e. The van der Waals surface area contributed by atoms with Gasteiger partial charge < -0.3 is 4.90 Å². The number of fused-ring (bicyclic) bond motifs is 2. The third kappa shape index (κ3) is 2.68. The Kier molecular flexibility index (Phi) is 3.72. The van der Waals surface area contributed by atoms with Gasteiger partial charge in [0.1, 0.15) is 17.0 Å². The molecule has 130 valence electrons. The lowest BCUT2D eigenvalue weighted by Crippen LogP contribution is -2.31. The highest BCUT2D eigenvalue weighted by Gasteiger charge is 2.21. The molecular weight excluding hydrogens is 362 g/mol. The maximum Gasteiger partial charge on any atom is 0.141 e. The van der Waals surface area contributed by atoms with Gasteiger partial charge in [-0.2, -0.15) is 0 Å². The second-order valence-electron chi connectivity index (χ2n) is 6.52. The van der Waals surface area contributed by atoms with Gasteiger partial charge in [0, 0.05) is 48.0 Å². The summed E-state index contributed by atoms with van der Waals surface area (Å²) in [5.74, 6) is 1.03. The van der Waals surface area contributed by atoms with Crippen LogP contribution in [0.5, 0.6) is 0 Å². The second-order valence-corrected chi connectivity index (χ2v) is 8.99. The summed E-state index contributed by atoms with van der Waals surface area (Å²) in [5.41, 5.74) is 3.62. The van der Waals surface area contributed by atoms with Gasteiger partial charge in [0.15, 0.2) is 0 Å². The molecule has 1 aliphatic heterocycles. The Balaban J connectivity index is 1.52. The standard InChI is InChI=1S/C19H17N5S2/c1-11-5-15-18(22-10-23-19(15)25-11)24-4-3-16-14(9-24)6-13(7-21-16)17-8-20-12(2)26-17/h5-8,10H,3-4,9H2,1-2H3. The van der Waals surface area contributed by atoms with Gasteiger partial charge in [-0.25, -0.2) is 15.0 Å². The number of hydrogen-bond donors (Lipinski definition) is 0. The van der Waals surface area contributed by atoms with Crippen LogP contribution in [0.25, 0.3) is 20.7 Å². The van der Waals surface area contributed by atoms with Crippen molar-refractivity contribution in [3.8, 4) is 10.4 Å². The lowest BCUT2D eigenvalue weighted by molar-refractivity contribution is 0.705. The minimum absolute atomic E-state index is 0.828. The van der Waals surface area contributed by atoms with Crippen LogP contribution < -0.4 is 4.90 Å². The molecule has 5 nitrogen and oxygen atoms in total. The zero-order chi connectivity index (χ0) is 17.7. The molecule has 4 aromatic rings. The average molecular weight is 380 g/mol. The molecule has 0 aliphatic carbocycles. The molecule has 0 radical (unpaired) electrons. The normalized spacial score (nSPS) is 14.0. The smallest absolute Gasteiger partial charge is 0.141 e. The van der Waals surface area contributed by atoms with Crippen molar-refractivity contribution in [1.29, 1.82) is 0 Å². The molecule has 0 N–H and O–H groups in total. The van der Waals surface area contributed by atoms with Crippen molar-refractivity contribution in [2.45, 2.75) is 26.8 Å². The predicted octanol–water partition coefficient (Wildman–Crippen LogP) is 4.39. The molecule has 0 saturated carbocycles. The number of aryl methyl sites for hydroxylation is 2. The van der Waals surface area contributed by atoms with E-state index in [4.69, 9.17) is 4.98 Å². The first-order valence-electron chi connectivity index (χ1n) is 8.54. The van der Waals surface area contributed by atoms with Crippen molar-refractivity contribution >= 4 is 38.7 Å². The number of nitrogens with zero attached hydrogens (tertiary/aromatic N) is 5. The van der Waals surface area contributed by atoms with Crippen molar-refractivity contribution < 1.29 is 0 Å². The molecule has 4 aromatic heterocycles. The molecule has 5 heterocycles. The van der Waals surface area contributed by atoms with Gasteiger partial charge in [-0.05, 0) is 31.5 Å². The lowest BCUT2D eigenvalue weighted by Gasteiger charge is -2.29. The summed E-state index contributed by atoms with van der Waals surface area (Å²) in [7, 11) is 0. The first-order valence-corrected chi connectivity index (χ1v) is 10.2. The van der Waals surface area contributed by atoms with Gasteiger partial charge in [-0.3, -0.25) is 4.98 Å². The number of anilines is 1. The van der Waals surface area contributed by atoms with E-state index >= 15 is 0 Å². The molecule has 0 aromatic carbocycles. The topological polar surface area (TPSA) is 54.8 Å². The van der Waals surface area contributed by atoms with Crippen molar-refractivity contribution in [3.05, 3.63) is 52.0 Å². The van der Waals surface area contributed by atoms with Crippen LogP contribution in [0.1, 0.15) is 21.1 Å². The summed E-state index contributed by atoms with van der Waals surface area (Å²) in [4.78, 5) is 24.0. The van der Waals surface area contributed by atoms with E-state index in [1.54, 1.807) is 29.0 Å². The third-order valence-corrected chi connectivity index (χ3v) is 6.60. The molecule has 0 bridgehead atoms. The number of rotatable bonds is 2. The summed E-state index contributed by atoms with van der Waals surface area (Å²) in [6.45, 7) is 5.91. The molecule has 0 saturated heterocycles.